The van der Waals surface area contributed by atoms with Crippen molar-refractivity contribution in [2.24, 2.45) is 0 Å². The number of Topliss-reactive ketones (excluding diaryl/α,β-unsaturated/α-hetero) is 1. The third-order valence-corrected chi connectivity index (χ3v) is 6.98. The molecule has 3 aromatic carbocycles. The minimum absolute atomic E-state index is 0.0522. The van der Waals surface area contributed by atoms with Gasteiger partial charge in [-0.15, -0.1) is 0 Å². The average molecular weight is 439 g/mol. The van der Waals surface area contributed by atoms with Crippen molar-refractivity contribution in [3.8, 4) is 0 Å². The van der Waals surface area contributed by atoms with Gasteiger partial charge < -0.3 is 0 Å². The molecule has 0 fully saturated rings. The molecule has 1 aromatic heterocycles. The second kappa shape index (κ2) is 7.89. The Hall–Kier alpha value is -3.23. The fourth-order valence-corrected chi connectivity index (χ4v) is 5.23. The molecule has 0 aliphatic carbocycles. The molecule has 0 saturated carbocycles. The summed E-state index contributed by atoms with van der Waals surface area (Å²) in [5, 5.41) is 0. The number of hydrogen-bond donors (Lipinski definition) is 1. The zero-order chi connectivity index (χ0) is 21.3. The number of nitrogens with one attached hydrogen (secondary N) is 1. The van der Waals surface area contributed by atoms with Crippen LogP contribution in [-0.4, -0.2) is 18.8 Å². The Morgan fingerprint density at radius 3 is 2.50 bits per heavy atom. The highest BCUT2D eigenvalue weighted by Gasteiger charge is 2.17. The highest BCUT2D eigenvalue weighted by molar-refractivity contribution is 7.92. The van der Waals surface area contributed by atoms with Gasteiger partial charge in [-0.3, -0.25) is 18.9 Å². The van der Waals surface area contributed by atoms with E-state index >= 15 is 0 Å². The highest BCUT2D eigenvalue weighted by Crippen LogP contribution is 2.24. The largest absolute Gasteiger partial charge is 0.308 e. The van der Waals surface area contributed by atoms with Gasteiger partial charge in [-0.1, -0.05) is 53.8 Å². The first-order valence-electron chi connectivity index (χ1n) is 9.15. The van der Waals surface area contributed by atoms with Crippen molar-refractivity contribution in [2.75, 3.05) is 4.72 Å². The molecule has 0 atom stereocenters. The molecule has 0 aliphatic heterocycles. The van der Waals surface area contributed by atoms with Crippen LogP contribution in [0.1, 0.15) is 22.8 Å². The maximum absolute atomic E-state index is 12.8. The van der Waals surface area contributed by atoms with Crippen molar-refractivity contribution in [1.82, 2.24) is 4.57 Å². The fourth-order valence-electron chi connectivity index (χ4n) is 3.15. The van der Waals surface area contributed by atoms with Crippen molar-refractivity contribution in [2.45, 2.75) is 18.4 Å². The minimum Gasteiger partial charge on any atom is -0.295 e. The van der Waals surface area contributed by atoms with Crippen LogP contribution in [0.2, 0.25) is 0 Å². The van der Waals surface area contributed by atoms with E-state index in [9.17, 15) is 18.0 Å². The number of benzene rings is 3. The SMILES string of the molecule is CC(=O)c1cccc(NS(=O)(=O)c2ccc3c(c2)sc(=O)n3Cc2ccccc2)c1. The molecule has 0 radical (unpaired) electrons. The van der Waals surface area contributed by atoms with Crippen LogP contribution in [0.25, 0.3) is 10.2 Å². The maximum atomic E-state index is 12.8. The van der Waals surface area contributed by atoms with Crippen LogP contribution in [-0.2, 0) is 16.6 Å². The van der Waals surface area contributed by atoms with E-state index in [1.165, 1.54) is 25.1 Å². The van der Waals surface area contributed by atoms with Gasteiger partial charge in [-0.25, -0.2) is 8.42 Å². The molecule has 4 aromatic rings. The lowest BCUT2D eigenvalue weighted by Crippen LogP contribution is -2.14. The average Bonchev–Trinajstić information content (AvgIpc) is 3.03. The number of ketones is 1. The van der Waals surface area contributed by atoms with E-state index in [4.69, 9.17) is 0 Å². The van der Waals surface area contributed by atoms with Gasteiger partial charge in [0.1, 0.15) is 0 Å². The van der Waals surface area contributed by atoms with Crippen molar-refractivity contribution in [1.29, 1.82) is 0 Å². The number of aromatic nitrogens is 1. The first kappa shape index (κ1) is 20.1. The molecule has 1 heterocycles. The van der Waals surface area contributed by atoms with Crippen LogP contribution >= 0.6 is 11.3 Å². The molecular weight excluding hydrogens is 420 g/mol. The van der Waals surface area contributed by atoms with Crippen molar-refractivity contribution in [3.05, 3.63) is 93.6 Å². The van der Waals surface area contributed by atoms with Crippen LogP contribution in [0, 0.1) is 0 Å². The Kier molecular flexibility index (Phi) is 5.27. The van der Waals surface area contributed by atoms with E-state index in [-0.39, 0.29) is 15.6 Å². The number of fused-ring (bicyclic) bond motifs is 1. The summed E-state index contributed by atoms with van der Waals surface area (Å²) < 4.78 is 30.4. The van der Waals surface area contributed by atoms with Gasteiger partial charge in [-0.05, 0) is 42.8 Å². The highest BCUT2D eigenvalue weighted by atomic mass is 32.2. The predicted molar refractivity (Wildman–Crippen MR) is 119 cm³/mol. The van der Waals surface area contributed by atoms with E-state index in [2.05, 4.69) is 4.72 Å². The lowest BCUT2D eigenvalue weighted by atomic mass is 10.1. The Morgan fingerprint density at radius 2 is 1.77 bits per heavy atom. The summed E-state index contributed by atoms with van der Waals surface area (Å²) in [5.74, 6) is -0.151. The van der Waals surface area contributed by atoms with E-state index < -0.39 is 10.0 Å². The Bertz CT molecular complexity index is 1400. The van der Waals surface area contributed by atoms with Crippen molar-refractivity contribution in [3.63, 3.8) is 0 Å². The summed E-state index contributed by atoms with van der Waals surface area (Å²) in [7, 11) is -3.88. The number of hydrogen-bond acceptors (Lipinski definition) is 5. The van der Waals surface area contributed by atoms with Gasteiger partial charge in [0, 0.05) is 11.3 Å². The summed E-state index contributed by atoms with van der Waals surface area (Å²) in [6.07, 6.45) is 0. The molecular formula is C22H18N2O4S2. The first-order chi connectivity index (χ1) is 14.3. The van der Waals surface area contributed by atoms with Gasteiger partial charge in [0.25, 0.3) is 10.0 Å². The monoisotopic (exact) mass is 438 g/mol. The molecule has 1 N–H and O–H groups in total. The lowest BCUT2D eigenvalue weighted by Gasteiger charge is -2.09. The van der Waals surface area contributed by atoms with Crippen LogP contribution in [0.4, 0.5) is 5.69 Å². The molecule has 0 unspecified atom stereocenters. The van der Waals surface area contributed by atoms with Crippen LogP contribution in [0.3, 0.4) is 0 Å². The molecule has 0 saturated heterocycles. The normalized spacial score (nSPS) is 11.5. The molecule has 0 aliphatic rings. The molecule has 0 bridgehead atoms. The smallest absolute Gasteiger partial charge is 0.295 e. The Balaban J connectivity index is 1.67. The van der Waals surface area contributed by atoms with Gasteiger partial charge in [0.05, 0.1) is 21.7 Å². The molecule has 4 rings (SSSR count). The number of rotatable bonds is 6. The third kappa shape index (κ3) is 4.05. The topological polar surface area (TPSA) is 85.2 Å². The first-order valence-corrected chi connectivity index (χ1v) is 11.4. The second-order valence-electron chi connectivity index (χ2n) is 6.81. The van der Waals surface area contributed by atoms with E-state index in [1.807, 2.05) is 30.3 Å². The quantitative estimate of drug-likeness (QED) is 0.459. The Morgan fingerprint density at radius 1 is 1.00 bits per heavy atom. The summed E-state index contributed by atoms with van der Waals surface area (Å²) in [4.78, 5) is 23.9. The van der Waals surface area contributed by atoms with Gasteiger partial charge in [0.2, 0.25) is 0 Å². The number of sulfonamides is 1. The van der Waals surface area contributed by atoms with Crippen LogP contribution < -0.4 is 9.60 Å². The lowest BCUT2D eigenvalue weighted by molar-refractivity contribution is 0.101. The van der Waals surface area contributed by atoms with Crippen LogP contribution in [0.5, 0.6) is 0 Å². The van der Waals surface area contributed by atoms with Gasteiger partial charge in [-0.2, -0.15) is 0 Å². The number of carbonyl (C=O) groups excluding carboxylic acids is 1. The summed E-state index contributed by atoms with van der Waals surface area (Å²) in [6.45, 7) is 1.84. The minimum atomic E-state index is -3.88. The van der Waals surface area contributed by atoms with Crippen molar-refractivity contribution < 1.29 is 13.2 Å². The zero-order valence-electron chi connectivity index (χ0n) is 16.0. The van der Waals surface area contributed by atoms with Gasteiger partial charge in [0.15, 0.2) is 5.78 Å². The van der Waals surface area contributed by atoms with E-state index in [0.717, 1.165) is 16.9 Å². The second-order valence-corrected chi connectivity index (χ2v) is 9.49. The summed E-state index contributed by atoms with van der Waals surface area (Å²) in [6, 6.07) is 20.6. The molecule has 8 heteroatoms. The maximum Gasteiger partial charge on any atom is 0.308 e. The number of carbonyl (C=O) groups is 1. The van der Waals surface area contributed by atoms with Crippen molar-refractivity contribution >= 4 is 43.0 Å². The molecule has 0 amide bonds. The number of anilines is 1. The standard InChI is InChI=1S/C22H18N2O4S2/c1-15(25)17-8-5-9-18(12-17)23-30(27,28)19-10-11-20-21(13-19)29-22(26)24(20)14-16-6-3-2-4-7-16/h2-13,23H,14H2,1H3. The van der Waals surface area contributed by atoms with Gasteiger partial charge >= 0.3 is 4.87 Å². The summed E-state index contributed by atoms with van der Waals surface area (Å²) in [5.41, 5.74) is 2.40. The molecule has 152 valence electrons. The molecule has 0 spiro atoms. The van der Waals surface area contributed by atoms with E-state index in [1.54, 1.807) is 28.8 Å². The number of nitrogens with zero attached hydrogens (tertiary/aromatic N) is 1. The zero-order valence-corrected chi connectivity index (χ0v) is 17.7. The Labute approximate surface area is 177 Å². The predicted octanol–water partition coefficient (Wildman–Crippen LogP) is 4.11. The fraction of sp³-hybridized carbons (Fsp3) is 0.0909. The van der Waals surface area contributed by atoms with E-state index in [0.29, 0.717) is 28.0 Å². The molecule has 6 nitrogen and oxygen atoms in total. The molecule has 30 heavy (non-hydrogen) atoms. The van der Waals surface area contributed by atoms with Crippen LogP contribution in [0.15, 0.2) is 82.5 Å². The summed E-state index contributed by atoms with van der Waals surface area (Å²) >= 11 is 1.01. The number of thiazole rings is 1. The third-order valence-electron chi connectivity index (χ3n) is 4.65.